The zero-order chi connectivity index (χ0) is 7.56. The lowest BCUT2D eigenvalue weighted by Crippen LogP contribution is -2.32. The normalized spacial score (nSPS) is 25.4. The number of carbonyl (C=O) groups excluding carboxylic acids is 1. The molecule has 1 aliphatic rings. The summed E-state index contributed by atoms with van der Waals surface area (Å²) in [5.74, 6) is 1.33. The maximum absolute atomic E-state index is 10.9. The summed E-state index contributed by atoms with van der Waals surface area (Å²) in [5.41, 5.74) is 0. The molecule has 1 unspecified atom stereocenters. The summed E-state index contributed by atoms with van der Waals surface area (Å²) in [7, 11) is 0. The third-order valence-corrected chi connectivity index (χ3v) is 3.13. The highest BCUT2D eigenvalue weighted by atomic mass is 32.2. The van der Waals surface area contributed by atoms with Crippen LogP contribution in [0.4, 0.5) is 0 Å². The Kier molecular flexibility index (Phi) is 2.60. The Morgan fingerprint density at radius 2 is 2.50 bits per heavy atom. The second kappa shape index (κ2) is 3.28. The average Bonchev–Trinajstić information content (AvgIpc) is 2.33. The van der Waals surface area contributed by atoms with E-state index in [0.29, 0.717) is 5.37 Å². The van der Waals surface area contributed by atoms with Crippen LogP contribution in [0, 0.1) is 0 Å². The van der Waals surface area contributed by atoms with Gasteiger partial charge in [-0.1, -0.05) is 6.92 Å². The van der Waals surface area contributed by atoms with Crippen LogP contribution in [-0.4, -0.2) is 28.5 Å². The van der Waals surface area contributed by atoms with Gasteiger partial charge < -0.3 is 4.90 Å². The van der Waals surface area contributed by atoms with Crippen LogP contribution >= 0.6 is 11.8 Å². The summed E-state index contributed by atoms with van der Waals surface area (Å²) in [6.45, 7) is 4.71. The van der Waals surface area contributed by atoms with Crippen molar-refractivity contribution in [3.05, 3.63) is 0 Å². The van der Waals surface area contributed by atoms with E-state index in [1.165, 1.54) is 0 Å². The van der Waals surface area contributed by atoms with Gasteiger partial charge in [0.15, 0.2) is 0 Å². The van der Waals surface area contributed by atoms with Gasteiger partial charge >= 0.3 is 0 Å². The van der Waals surface area contributed by atoms with Crippen molar-refractivity contribution < 1.29 is 4.79 Å². The van der Waals surface area contributed by atoms with Crippen molar-refractivity contribution in [1.29, 1.82) is 0 Å². The first-order chi connectivity index (χ1) is 4.75. The summed E-state index contributed by atoms with van der Waals surface area (Å²) in [5, 5.41) is 0.456. The van der Waals surface area contributed by atoms with Crippen LogP contribution in [0.15, 0.2) is 0 Å². The fourth-order valence-corrected chi connectivity index (χ4v) is 2.46. The van der Waals surface area contributed by atoms with Crippen molar-refractivity contribution in [1.82, 2.24) is 4.90 Å². The molecule has 0 aliphatic carbocycles. The van der Waals surface area contributed by atoms with Gasteiger partial charge in [-0.3, -0.25) is 4.79 Å². The molecule has 1 saturated heterocycles. The largest absolute Gasteiger partial charge is 0.330 e. The molecule has 3 heteroatoms. The molecule has 0 spiro atoms. The van der Waals surface area contributed by atoms with Crippen molar-refractivity contribution in [2.24, 2.45) is 0 Å². The van der Waals surface area contributed by atoms with Crippen LogP contribution < -0.4 is 0 Å². The average molecular weight is 159 g/mol. The second-order valence-electron chi connectivity index (χ2n) is 2.45. The lowest BCUT2D eigenvalue weighted by molar-refractivity contribution is -0.128. The Labute approximate surface area is 66.0 Å². The molecule has 0 saturated carbocycles. The number of hydrogen-bond acceptors (Lipinski definition) is 2. The Morgan fingerprint density at radius 1 is 1.80 bits per heavy atom. The van der Waals surface area contributed by atoms with E-state index < -0.39 is 0 Å². The molecule has 0 aromatic carbocycles. The van der Waals surface area contributed by atoms with Gasteiger partial charge in [0.25, 0.3) is 0 Å². The minimum atomic E-state index is 0.219. The molecule has 1 amide bonds. The fourth-order valence-electron chi connectivity index (χ4n) is 1.22. The number of nitrogens with zero attached hydrogens (tertiary/aromatic N) is 1. The van der Waals surface area contributed by atoms with Crippen molar-refractivity contribution in [2.45, 2.75) is 25.6 Å². The highest BCUT2D eigenvalue weighted by Crippen LogP contribution is 2.25. The van der Waals surface area contributed by atoms with E-state index in [2.05, 4.69) is 6.92 Å². The molecule has 10 heavy (non-hydrogen) atoms. The van der Waals surface area contributed by atoms with E-state index in [-0.39, 0.29) is 5.91 Å². The fraction of sp³-hybridized carbons (Fsp3) is 0.857. The molecule has 1 atom stereocenters. The number of carbonyl (C=O) groups is 1. The van der Waals surface area contributed by atoms with Crippen LogP contribution in [0.2, 0.25) is 0 Å². The number of thioether (sulfide) groups is 1. The van der Waals surface area contributed by atoms with E-state index in [1.807, 2.05) is 16.7 Å². The molecule has 1 fully saturated rings. The van der Waals surface area contributed by atoms with Crippen molar-refractivity contribution in [2.75, 3.05) is 12.3 Å². The number of hydrogen-bond donors (Lipinski definition) is 0. The van der Waals surface area contributed by atoms with Crippen molar-refractivity contribution in [3.63, 3.8) is 0 Å². The van der Waals surface area contributed by atoms with Crippen LogP contribution in [0.5, 0.6) is 0 Å². The Balaban J connectivity index is 2.50. The van der Waals surface area contributed by atoms with Crippen molar-refractivity contribution in [3.8, 4) is 0 Å². The molecule has 2 nitrogen and oxygen atoms in total. The van der Waals surface area contributed by atoms with E-state index >= 15 is 0 Å². The van der Waals surface area contributed by atoms with E-state index in [4.69, 9.17) is 0 Å². The Hall–Kier alpha value is -0.180. The molecular formula is C7H13NOS. The molecule has 58 valence electrons. The molecule has 0 radical (unpaired) electrons. The Bertz CT molecular complexity index is 138. The summed E-state index contributed by atoms with van der Waals surface area (Å²) < 4.78 is 0. The van der Waals surface area contributed by atoms with Crippen molar-refractivity contribution >= 4 is 17.7 Å². The van der Waals surface area contributed by atoms with Gasteiger partial charge in [0.1, 0.15) is 0 Å². The smallest absolute Gasteiger partial charge is 0.220 e. The maximum Gasteiger partial charge on any atom is 0.220 e. The lowest BCUT2D eigenvalue weighted by Gasteiger charge is -2.20. The zero-order valence-electron chi connectivity index (χ0n) is 6.46. The highest BCUT2D eigenvalue weighted by Gasteiger charge is 2.24. The van der Waals surface area contributed by atoms with Gasteiger partial charge in [0, 0.05) is 19.2 Å². The molecule has 0 N–H and O–H groups in total. The predicted molar refractivity (Wildman–Crippen MR) is 43.9 cm³/mol. The zero-order valence-corrected chi connectivity index (χ0v) is 7.28. The molecule has 0 aromatic rings. The lowest BCUT2D eigenvalue weighted by atomic mass is 10.4. The molecule has 1 rings (SSSR count). The number of amides is 1. The van der Waals surface area contributed by atoms with Gasteiger partial charge in [0.05, 0.1) is 5.37 Å². The quantitative estimate of drug-likeness (QED) is 0.575. The third kappa shape index (κ3) is 1.45. The monoisotopic (exact) mass is 159 g/mol. The molecule has 0 aromatic heterocycles. The second-order valence-corrected chi connectivity index (χ2v) is 3.73. The minimum Gasteiger partial charge on any atom is -0.330 e. The first-order valence-electron chi connectivity index (χ1n) is 3.64. The van der Waals surface area contributed by atoms with E-state index in [1.54, 1.807) is 6.92 Å². The summed E-state index contributed by atoms with van der Waals surface area (Å²) in [6, 6.07) is 0. The molecular weight excluding hydrogens is 146 g/mol. The standard InChI is InChI=1S/C7H13NOS/c1-3-7-8(6(2)9)4-5-10-7/h7H,3-5H2,1-2H3. The van der Waals surface area contributed by atoms with Gasteiger partial charge in [0.2, 0.25) is 5.91 Å². The first kappa shape index (κ1) is 7.92. The predicted octanol–water partition coefficient (Wildman–Crippen LogP) is 1.32. The number of rotatable bonds is 1. The Morgan fingerprint density at radius 3 is 2.90 bits per heavy atom. The molecule has 0 bridgehead atoms. The summed E-state index contributed by atoms with van der Waals surface area (Å²) >= 11 is 1.88. The minimum absolute atomic E-state index is 0.219. The van der Waals surface area contributed by atoms with Gasteiger partial charge in [-0.2, -0.15) is 0 Å². The van der Waals surface area contributed by atoms with E-state index in [9.17, 15) is 4.79 Å². The highest BCUT2D eigenvalue weighted by molar-refractivity contribution is 8.00. The molecule has 1 heterocycles. The van der Waals surface area contributed by atoms with Crippen LogP contribution in [-0.2, 0) is 4.79 Å². The SMILES string of the molecule is CCC1SCCN1C(C)=O. The van der Waals surface area contributed by atoms with Crippen LogP contribution in [0.25, 0.3) is 0 Å². The topological polar surface area (TPSA) is 20.3 Å². The van der Waals surface area contributed by atoms with Gasteiger partial charge in [-0.15, -0.1) is 11.8 Å². The third-order valence-electron chi connectivity index (χ3n) is 1.74. The molecule has 1 aliphatic heterocycles. The van der Waals surface area contributed by atoms with Crippen LogP contribution in [0.1, 0.15) is 20.3 Å². The summed E-state index contributed by atoms with van der Waals surface area (Å²) in [4.78, 5) is 12.9. The van der Waals surface area contributed by atoms with Crippen LogP contribution in [0.3, 0.4) is 0 Å². The summed E-state index contributed by atoms with van der Waals surface area (Å²) in [6.07, 6.45) is 1.07. The van der Waals surface area contributed by atoms with Gasteiger partial charge in [-0.05, 0) is 6.42 Å². The maximum atomic E-state index is 10.9. The van der Waals surface area contributed by atoms with E-state index in [0.717, 1.165) is 18.7 Å². The first-order valence-corrected chi connectivity index (χ1v) is 4.69. The van der Waals surface area contributed by atoms with Gasteiger partial charge in [-0.25, -0.2) is 0 Å².